The Labute approximate surface area is 183 Å². The minimum atomic E-state index is -1.13. The predicted molar refractivity (Wildman–Crippen MR) is 115 cm³/mol. The summed E-state index contributed by atoms with van der Waals surface area (Å²) in [7, 11) is 1.52. The Morgan fingerprint density at radius 2 is 1.87 bits per heavy atom. The fourth-order valence-corrected chi connectivity index (χ4v) is 4.27. The molecule has 1 aliphatic carbocycles. The zero-order valence-corrected chi connectivity index (χ0v) is 18.6. The number of carbonyl (C=O) groups excluding carboxylic acids is 1. The zero-order valence-electron chi connectivity index (χ0n) is 18.6. The summed E-state index contributed by atoms with van der Waals surface area (Å²) < 4.78 is 23.3. The lowest BCUT2D eigenvalue weighted by Crippen LogP contribution is -2.35. The van der Waals surface area contributed by atoms with E-state index in [0.29, 0.717) is 23.7 Å². The number of hydrogen-bond donors (Lipinski definition) is 1. The first-order chi connectivity index (χ1) is 14.9. The summed E-state index contributed by atoms with van der Waals surface area (Å²) in [6.07, 6.45) is 6.46. The molecule has 3 rings (SSSR count). The van der Waals surface area contributed by atoms with Crippen LogP contribution in [0.2, 0.25) is 0 Å². The molecule has 0 aromatic heterocycles. The number of carboxylic acid groups (broad SMARTS) is 1. The van der Waals surface area contributed by atoms with Gasteiger partial charge in [0.05, 0.1) is 25.4 Å². The molecule has 1 atom stereocenters. The third-order valence-electron chi connectivity index (χ3n) is 5.82. The number of anilines is 1. The van der Waals surface area contributed by atoms with Crippen LogP contribution in [0.4, 0.5) is 5.69 Å². The Morgan fingerprint density at radius 3 is 2.45 bits per heavy atom. The van der Waals surface area contributed by atoms with Crippen LogP contribution >= 0.6 is 0 Å². The van der Waals surface area contributed by atoms with E-state index in [4.69, 9.17) is 18.9 Å². The molecular weight excluding hydrogens is 402 g/mol. The van der Waals surface area contributed by atoms with E-state index >= 15 is 0 Å². The van der Waals surface area contributed by atoms with E-state index in [0.717, 1.165) is 44.9 Å². The number of hydrogen-bond acceptors (Lipinski definition) is 6. The van der Waals surface area contributed by atoms with Crippen LogP contribution in [0.3, 0.4) is 0 Å². The van der Waals surface area contributed by atoms with Gasteiger partial charge in [0, 0.05) is 20.1 Å². The second-order valence-corrected chi connectivity index (χ2v) is 8.12. The molecule has 172 valence electrons. The lowest BCUT2D eigenvalue weighted by molar-refractivity contribution is -0.160. The molecule has 0 bridgehead atoms. The fraction of sp³-hybridized carbons (Fsp3) is 0.652. The van der Waals surface area contributed by atoms with Crippen molar-refractivity contribution in [3.05, 3.63) is 17.2 Å². The molecule has 1 amide bonds. The number of aromatic carboxylic acids is 1. The lowest BCUT2D eigenvalue weighted by atomic mass is 10.0. The molecule has 8 nitrogen and oxygen atoms in total. The quantitative estimate of drug-likeness (QED) is 0.628. The number of methoxy groups -OCH3 is 1. The van der Waals surface area contributed by atoms with Gasteiger partial charge in [-0.1, -0.05) is 0 Å². The number of nitrogens with zero attached hydrogens (tertiary/aromatic N) is 1. The average Bonchev–Trinajstić information content (AvgIpc) is 3.25. The van der Waals surface area contributed by atoms with Crippen molar-refractivity contribution < 1.29 is 33.6 Å². The van der Waals surface area contributed by atoms with Gasteiger partial charge in [0.25, 0.3) is 0 Å². The van der Waals surface area contributed by atoms with E-state index in [1.54, 1.807) is 6.92 Å². The number of benzene rings is 1. The summed E-state index contributed by atoms with van der Waals surface area (Å²) in [6.45, 7) is 4.26. The molecule has 1 aromatic carbocycles. The molecule has 0 radical (unpaired) electrons. The Kier molecular flexibility index (Phi) is 8.15. The maximum Gasteiger partial charge on any atom is 0.337 e. The van der Waals surface area contributed by atoms with E-state index in [2.05, 4.69) is 0 Å². The smallest absolute Gasteiger partial charge is 0.337 e. The summed E-state index contributed by atoms with van der Waals surface area (Å²) in [5, 5.41) is 9.91. The molecule has 1 unspecified atom stereocenters. The number of aryl methyl sites for hydroxylation is 1. The normalized spacial score (nSPS) is 19.3. The maximum absolute atomic E-state index is 12.6. The summed E-state index contributed by atoms with van der Waals surface area (Å²) in [5.41, 5.74) is 0.880. The first kappa shape index (κ1) is 23.3. The number of ether oxygens (including phenoxy) is 4. The number of amides is 1. The Bertz CT molecular complexity index is 783. The minimum absolute atomic E-state index is 0.00964. The van der Waals surface area contributed by atoms with Gasteiger partial charge in [-0.05, 0) is 63.5 Å². The van der Waals surface area contributed by atoms with Crippen LogP contribution in [0.1, 0.15) is 67.8 Å². The van der Waals surface area contributed by atoms with E-state index in [9.17, 15) is 14.7 Å². The van der Waals surface area contributed by atoms with Crippen molar-refractivity contribution in [2.24, 2.45) is 0 Å². The molecule has 1 aliphatic heterocycles. The molecule has 2 aliphatic rings. The summed E-state index contributed by atoms with van der Waals surface area (Å²) in [6, 6.07) is 1.53. The highest BCUT2D eigenvalue weighted by atomic mass is 16.7. The van der Waals surface area contributed by atoms with Crippen LogP contribution in [0.5, 0.6) is 11.5 Å². The Balaban J connectivity index is 1.94. The predicted octanol–water partition coefficient (Wildman–Crippen LogP) is 3.92. The van der Waals surface area contributed by atoms with Gasteiger partial charge in [0.15, 0.2) is 17.8 Å². The van der Waals surface area contributed by atoms with Gasteiger partial charge in [-0.2, -0.15) is 0 Å². The van der Waals surface area contributed by atoms with Crippen molar-refractivity contribution >= 4 is 17.6 Å². The molecule has 1 saturated heterocycles. The van der Waals surface area contributed by atoms with Crippen LogP contribution < -0.4 is 14.4 Å². The lowest BCUT2D eigenvalue weighted by Gasteiger charge is -2.29. The molecule has 1 aromatic rings. The standard InChI is InChI=1S/C23H33NO7/c1-15-14-18(23(26)27)20(22(21(15)28-3)31-17-8-4-5-9-17)24(16(2)25)11-13-30-19-10-6-7-12-29-19/h14,17,19H,4-13H2,1-3H3,(H,26,27). The average molecular weight is 436 g/mol. The van der Waals surface area contributed by atoms with Gasteiger partial charge in [-0.3, -0.25) is 4.79 Å². The van der Waals surface area contributed by atoms with E-state index in [1.165, 1.54) is 25.0 Å². The second-order valence-electron chi connectivity index (χ2n) is 8.12. The number of carbonyl (C=O) groups is 2. The fourth-order valence-electron chi connectivity index (χ4n) is 4.27. The monoisotopic (exact) mass is 435 g/mol. The van der Waals surface area contributed by atoms with Gasteiger partial charge in [-0.25, -0.2) is 4.79 Å². The van der Waals surface area contributed by atoms with Crippen molar-refractivity contribution in [2.75, 3.05) is 31.8 Å². The van der Waals surface area contributed by atoms with Crippen LogP contribution in [-0.4, -0.2) is 56.2 Å². The Hall–Kier alpha value is -2.32. The first-order valence-electron chi connectivity index (χ1n) is 11.0. The van der Waals surface area contributed by atoms with Gasteiger partial charge in [0.1, 0.15) is 5.69 Å². The summed E-state index contributed by atoms with van der Waals surface area (Å²) in [5.74, 6) is -0.650. The van der Waals surface area contributed by atoms with Crippen LogP contribution in [0, 0.1) is 6.92 Å². The number of carboxylic acids is 1. The van der Waals surface area contributed by atoms with Crippen molar-refractivity contribution in [1.29, 1.82) is 0 Å². The highest BCUT2D eigenvalue weighted by molar-refractivity contribution is 6.04. The van der Waals surface area contributed by atoms with Crippen molar-refractivity contribution in [3.8, 4) is 11.5 Å². The SMILES string of the molecule is COc1c(C)cc(C(=O)O)c(N(CCOC2CCCCO2)C(C)=O)c1OC1CCCC1. The van der Waals surface area contributed by atoms with Crippen molar-refractivity contribution in [2.45, 2.75) is 71.2 Å². The molecule has 1 N–H and O–H groups in total. The van der Waals surface area contributed by atoms with Crippen LogP contribution in [0.15, 0.2) is 6.07 Å². The van der Waals surface area contributed by atoms with Crippen molar-refractivity contribution in [1.82, 2.24) is 0 Å². The maximum atomic E-state index is 12.6. The molecule has 0 spiro atoms. The van der Waals surface area contributed by atoms with Crippen LogP contribution in [-0.2, 0) is 14.3 Å². The molecule has 1 saturated carbocycles. The van der Waals surface area contributed by atoms with E-state index < -0.39 is 5.97 Å². The molecule has 8 heteroatoms. The van der Waals surface area contributed by atoms with Crippen molar-refractivity contribution in [3.63, 3.8) is 0 Å². The zero-order chi connectivity index (χ0) is 22.4. The molecule has 31 heavy (non-hydrogen) atoms. The molecular formula is C23H33NO7. The third-order valence-corrected chi connectivity index (χ3v) is 5.82. The molecule has 1 heterocycles. The number of rotatable bonds is 9. The minimum Gasteiger partial charge on any atom is -0.492 e. The van der Waals surface area contributed by atoms with Gasteiger partial charge in [-0.15, -0.1) is 0 Å². The highest BCUT2D eigenvalue weighted by Gasteiger charge is 2.31. The Morgan fingerprint density at radius 1 is 1.16 bits per heavy atom. The topological polar surface area (TPSA) is 94.5 Å². The third kappa shape index (κ3) is 5.68. The van der Waals surface area contributed by atoms with E-state index in [-0.39, 0.29) is 42.7 Å². The highest BCUT2D eigenvalue weighted by Crippen LogP contribution is 2.45. The van der Waals surface area contributed by atoms with Gasteiger partial charge >= 0.3 is 5.97 Å². The summed E-state index contributed by atoms with van der Waals surface area (Å²) in [4.78, 5) is 26.2. The largest absolute Gasteiger partial charge is 0.492 e. The second kappa shape index (κ2) is 10.8. The summed E-state index contributed by atoms with van der Waals surface area (Å²) >= 11 is 0. The first-order valence-corrected chi connectivity index (χ1v) is 11.0. The van der Waals surface area contributed by atoms with Crippen LogP contribution in [0.25, 0.3) is 0 Å². The van der Waals surface area contributed by atoms with Gasteiger partial charge in [0.2, 0.25) is 5.91 Å². The molecule has 2 fully saturated rings. The van der Waals surface area contributed by atoms with E-state index in [1.807, 2.05) is 0 Å². The van der Waals surface area contributed by atoms with Gasteiger partial charge < -0.3 is 29.0 Å².